The van der Waals surface area contributed by atoms with Crippen LogP contribution in [0.15, 0.2) is 5.38 Å². The summed E-state index contributed by atoms with van der Waals surface area (Å²) in [6.07, 6.45) is 6.67. The zero-order valence-corrected chi connectivity index (χ0v) is 12.1. The van der Waals surface area contributed by atoms with E-state index in [0.717, 1.165) is 18.2 Å². The molecule has 1 aliphatic carbocycles. The number of aryl methyl sites for hydroxylation is 1. The van der Waals surface area contributed by atoms with Crippen LogP contribution < -0.4 is 5.32 Å². The second kappa shape index (κ2) is 5.49. The monoisotopic (exact) mass is 252 g/mol. The van der Waals surface area contributed by atoms with Crippen LogP contribution in [-0.4, -0.2) is 11.5 Å². The fraction of sp³-hybridized carbons (Fsp3) is 0.786. The normalized spacial score (nSPS) is 20.6. The summed E-state index contributed by atoms with van der Waals surface area (Å²) < 4.78 is 0. The molecule has 17 heavy (non-hydrogen) atoms. The van der Waals surface area contributed by atoms with E-state index in [9.17, 15) is 0 Å². The van der Waals surface area contributed by atoms with Crippen molar-refractivity contribution in [2.24, 2.45) is 5.92 Å². The standard InChI is InChI=1S/C14H24N2S/c1-4-9-15-14(3,12-7-5-6-8-12)13-16-11(2)10-17-13/h10,12,15H,4-9H2,1-3H3. The average molecular weight is 252 g/mol. The number of hydrogen-bond donors (Lipinski definition) is 1. The van der Waals surface area contributed by atoms with Crippen molar-refractivity contribution < 1.29 is 0 Å². The van der Waals surface area contributed by atoms with Gasteiger partial charge in [0.15, 0.2) is 0 Å². The molecule has 0 aromatic carbocycles. The van der Waals surface area contributed by atoms with E-state index in [1.54, 1.807) is 0 Å². The van der Waals surface area contributed by atoms with Gasteiger partial charge in [-0.05, 0) is 45.6 Å². The lowest BCUT2D eigenvalue weighted by molar-refractivity contribution is 0.234. The molecule has 1 N–H and O–H groups in total. The number of rotatable bonds is 5. The van der Waals surface area contributed by atoms with Crippen LogP contribution in [0.4, 0.5) is 0 Å². The molecule has 1 atom stereocenters. The van der Waals surface area contributed by atoms with E-state index >= 15 is 0 Å². The summed E-state index contributed by atoms with van der Waals surface area (Å²) in [6.45, 7) is 7.77. The van der Waals surface area contributed by atoms with E-state index < -0.39 is 0 Å². The molecule has 1 fully saturated rings. The molecule has 1 aromatic rings. The average Bonchev–Trinajstić information content (AvgIpc) is 2.96. The molecule has 0 aliphatic heterocycles. The van der Waals surface area contributed by atoms with Crippen LogP contribution in [0.3, 0.4) is 0 Å². The molecule has 2 nitrogen and oxygen atoms in total. The molecule has 1 unspecified atom stereocenters. The van der Waals surface area contributed by atoms with E-state index in [0.29, 0.717) is 0 Å². The number of aromatic nitrogens is 1. The van der Waals surface area contributed by atoms with Gasteiger partial charge in [-0.1, -0.05) is 19.8 Å². The highest BCUT2D eigenvalue weighted by Crippen LogP contribution is 2.41. The summed E-state index contributed by atoms with van der Waals surface area (Å²) in [5.74, 6) is 0.764. The molecule has 1 saturated carbocycles. The van der Waals surface area contributed by atoms with Gasteiger partial charge < -0.3 is 5.32 Å². The van der Waals surface area contributed by atoms with Gasteiger partial charge in [0.1, 0.15) is 5.01 Å². The molecular formula is C14H24N2S. The number of thiazole rings is 1. The van der Waals surface area contributed by atoms with Crippen LogP contribution in [0.1, 0.15) is 56.7 Å². The molecule has 1 aliphatic rings. The van der Waals surface area contributed by atoms with E-state index in [-0.39, 0.29) is 5.54 Å². The van der Waals surface area contributed by atoms with Gasteiger partial charge in [0.05, 0.1) is 5.54 Å². The van der Waals surface area contributed by atoms with E-state index in [1.165, 1.54) is 37.1 Å². The van der Waals surface area contributed by atoms with Crippen LogP contribution in [0.25, 0.3) is 0 Å². The molecule has 0 spiro atoms. The molecular weight excluding hydrogens is 228 g/mol. The Kier molecular flexibility index (Phi) is 4.21. The minimum atomic E-state index is 0.103. The molecule has 0 saturated heterocycles. The van der Waals surface area contributed by atoms with Crippen molar-refractivity contribution in [1.82, 2.24) is 10.3 Å². The molecule has 0 amide bonds. The summed E-state index contributed by atoms with van der Waals surface area (Å²) in [7, 11) is 0. The molecule has 2 rings (SSSR count). The van der Waals surface area contributed by atoms with Crippen LogP contribution in [-0.2, 0) is 5.54 Å². The van der Waals surface area contributed by atoms with Crippen LogP contribution >= 0.6 is 11.3 Å². The number of nitrogens with one attached hydrogen (secondary N) is 1. The Hall–Kier alpha value is -0.410. The van der Waals surface area contributed by atoms with Gasteiger partial charge in [0.2, 0.25) is 0 Å². The molecule has 1 heterocycles. The highest BCUT2D eigenvalue weighted by molar-refractivity contribution is 7.09. The lowest BCUT2D eigenvalue weighted by Gasteiger charge is -2.35. The van der Waals surface area contributed by atoms with Gasteiger partial charge in [0, 0.05) is 11.1 Å². The minimum absolute atomic E-state index is 0.103. The van der Waals surface area contributed by atoms with Gasteiger partial charge in [0.25, 0.3) is 0 Å². The largest absolute Gasteiger partial charge is 0.305 e. The highest BCUT2D eigenvalue weighted by atomic mass is 32.1. The first kappa shape index (κ1) is 13.0. The maximum atomic E-state index is 4.74. The van der Waals surface area contributed by atoms with Crippen LogP contribution in [0.2, 0.25) is 0 Å². The molecule has 96 valence electrons. The first-order valence-electron chi connectivity index (χ1n) is 6.84. The highest BCUT2D eigenvalue weighted by Gasteiger charge is 2.39. The summed E-state index contributed by atoms with van der Waals surface area (Å²) in [5.41, 5.74) is 1.26. The van der Waals surface area contributed by atoms with E-state index in [2.05, 4.69) is 31.5 Å². The SMILES string of the molecule is CCCNC(C)(c1nc(C)cs1)C1CCCC1. The number of hydrogen-bond acceptors (Lipinski definition) is 3. The van der Waals surface area contributed by atoms with Crippen LogP contribution in [0.5, 0.6) is 0 Å². The van der Waals surface area contributed by atoms with Crippen molar-refractivity contribution in [2.75, 3.05) is 6.54 Å². The quantitative estimate of drug-likeness (QED) is 0.861. The van der Waals surface area contributed by atoms with Crippen molar-refractivity contribution in [2.45, 2.75) is 58.4 Å². The number of nitrogens with zero attached hydrogens (tertiary/aromatic N) is 1. The molecule has 0 bridgehead atoms. The second-order valence-electron chi connectivity index (χ2n) is 5.40. The first-order valence-corrected chi connectivity index (χ1v) is 7.72. The fourth-order valence-corrected chi connectivity index (χ4v) is 3.89. The van der Waals surface area contributed by atoms with Crippen molar-refractivity contribution in [3.8, 4) is 0 Å². The molecule has 3 heteroatoms. The van der Waals surface area contributed by atoms with Crippen molar-refractivity contribution in [1.29, 1.82) is 0 Å². The maximum Gasteiger partial charge on any atom is 0.113 e. The summed E-state index contributed by atoms with van der Waals surface area (Å²) in [5, 5.41) is 7.23. The zero-order valence-electron chi connectivity index (χ0n) is 11.3. The minimum Gasteiger partial charge on any atom is -0.305 e. The molecule has 0 radical (unpaired) electrons. The summed E-state index contributed by atoms with van der Waals surface area (Å²) in [4.78, 5) is 4.74. The Labute approximate surface area is 109 Å². The van der Waals surface area contributed by atoms with E-state index in [1.807, 2.05) is 11.3 Å². The predicted octanol–water partition coefficient (Wildman–Crippen LogP) is 3.86. The lowest BCUT2D eigenvalue weighted by Crippen LogP contribution is -2.45. The Morgan fingerprint density at radius 1 is 1.47 bits per heavy atom. The zero-order chi connectivity index (χ0) is 12.3. The predicted molar refractivity (Wildman–Crippen MR) is 74.5 cm³/mol. The third kappa shape index (κ3) is 2.71. The van der Waals surface area contributed by atoms with E-state index in [4.69, 9.17) is 4.98 Å². The van der Waals surface area contributed by atoms with Crippen molar-refractivity contribution in [3.63, 3.8) is 0 Å². The molecule has 1 aromatic heterocycles. The first-order chi connectivity index (χ1) is 8.16. The third-order valence-electron chi connectivity index (χ3n) is 3.98. The summed E-state index contributed by atoms with van der Waals surface area (Å²) >= 11 is 1.82. The third-order valence-corrected chi connectivity index (χ3v) is 5.17. The van der Waals surface area contributed by atoms with Gasteiger partial charge in [-0.2, -0.15) is 0 Å². The van der Waals surface area contributed by atoms with Gasteiger partial charge in [-0.3, -0.25) is 0 Å². The van der Waals surface area contributed by atoms with Gasteiger partial charge in [-0.15, -0.1) is 11.3 Å². The maximum absolute atomic E-state index is 4.74. The van der Waals surface area contributed by atoms with Gasteiger partial charge in [-0.25, -0.2) is 4.98 Å². The summed E-state index contributed by atoms with van der Waals surface area (Å²) in [6, 6.07) is 0. The Bertz CT molecular complexity index is 355. The van der Waals surface area contributed by atoms with Crippen molar-refractivity contribution in [3.05, 3.63) is 16.1 Å². The smallest absolute Gasteiger partial charge is 0.113 e. The Morgan fingerprint density at radius 3 is 2.71 bits per heavy atom. The Morgan fingerprint density at radius 2 is 2.18 bits per heavy atom. The fourth-order valence-electron chi connectivity index (χ4n) is 2.87. The second-order valence-corrected chi connectivity index (χ2v) is 6.26. The topological polar surface area (TPSA) is 24.9 Å². The lowest BCUT2D eigenvalue weighted by atomic mass is 9.84. The van der Waals surface area contributed by atoms with Crippen LogP contribution in [0, 0.1) is 12.8 Å². The van der Waals surface area contributed by atoms with Gasteiger partial charge >= 0.3 is 0 Å². The Balaban J connectivity index is 2.22. The van der Waals surface area contributed by atoms with Crippen molar-refractivity contribution >= 4 is 11.3 Å².